The van der Waals surface area contributed by atoms with Gasteiger partial charge < -0.3 is 5.11 Å². The van der Waals surface area contributed by atoms with E-state index in [1.165, 1.54) is 13.4 Å². The van der Waals surface area contributed by atoms with Gasteiger partial charge in [0, 0.05) is 18.1 Å². The van der Waals surface area contributed by atoms with Crippen LogP contribution in [-0.4, -0.2) is 44.7 Å². The first-order valence-electron chi connectivity index (χ1n) is 8.64. The van der Waals surface area contributed by atoms with Gasteiger partial charge in [0.2, 0.25) is 15.9 Å². The Labute approximate surface area is 159 Å². The smallest absolute Gasteiger partial charge is 0.336 e. The molecule has 0 saturated carbocycles. The predicted octanol–water partition coefficient (Wildman–Crippen LogP) is 1.03. The van der Waals surface area contributed by atoms with Crippen LogP contribution in [0.25, 0.3) is 16.6 Å². The molecule has 1 N–H and O–H groups in total. The van der Waals surface area contributed by atoms with Crippen LogP contribution in [0.2, 0.25) is 0 Å². The molecule has 0 spiro atoms. The molecule has 10 heteroatoms. The van der Waals surface area contributed by atoms with E-state index in [9.17, 15) is 23.6 Å². The van der Waals surface area contributed by atoms with Crippen molar-refractivity contribution in [3.63, 3.8) is 0 Å². The fourth-order valence-electron chi connectivity index (χ4n) is 4.43. The topological polar surface area (TPSA) is 121 Å². The quantitative estimate of drug-likeness (QED) is 0.689. The molecule has 1 saturated heterocycles. The fourth-order valence-corrected chi connectivity index (χ4v) is 5.52. The molecule has 2 aliphatic rings. The molecule has 1 fully saturated rings. The Morgan fingerprint density at radius 1 is 1.32 bits per heavy atom. The van der Waals surface area contributed by atoms with Gasteiger partial charge in [-0.15, -0.1) is 0 Å². The van der Waals surface area contributed by atoms with Gasteiger partial charge in [-0.05, 0) is 30.7 Å². The molecule has 5 rings (SSSR count). The minimum absolute atomic E-state index is 0.218. The highest BCUT2D eigenvalue weighted by Gasteiger charge is 2.50. The minimum atomic E-state index is -3.45. The molecule has 0 unspecified atom stereocenters. The van der Waals surface area contributed by atoms with Crippen molar-refractivity contribution < 1.29 is 13.5 Å². The van der Waals surface area contributed by atoms with Crippen LogP contribution in [0, 0.1) is 11.3 Å². The van der Waals surface area contributed by atoms with Crippen LogP contribution in [0.4, 0.5) is 0 Å². The van der Waals surface area contributed by atoms with Crippen molar-refractivity contribution in [2.45, 2.75) is 18.5 Å². The van der Waals surface area contributed by atoms with Gasteiger partial charge in [-0.25, -0.2) is 17.8 Å². The molecule has 0 amide bonds. The van der Waals surface area contributed by atoms with Crippen molar-refractivity contribution >= 4 is 20.9 Å². The monoisotopic (exact) mass is 397 g/mol. The average Bonchev–Trinajstić information content (AvgIpc) is 3.33. The first kappa shape index (κ1) is 17.0. The zero-order valence-corrected chi connectivity index (χ0v) is 15.6. The molecule has 2 aromatic heterocycles. The number of aromatic nitrogens is 3. The minimum Gasteiger partial charge on any atom is -0.493 e. The van der Waals surface area contributed by atoms with Crippen LogP contribution in [0.1, 0.15) is 29.8 Å². The highest BCUT2D eigenvalue weighted by atomic mass is 32.2. The van der Waals surface area contributed by atoms with E-state index >= 15 is 0 Å². The lowest BCUT2D eigenvalue weighted by molar-refractivity contribution is 0.344. The van der Waals surface area contributed by atoms with Gasteiger partial charge in [0.1, 0.15) is 11.8 Å². The Kier molecular flexibility index (Phi) is 3.29. The van der Waals surface area contributed by atoms with Crippen molar-refractivity contribution in [3.05, 3.63) is 52.2 Å². The molecule has 2 bridgehead atoms. The van der Waals surface area contributed by atoms with Gasteiger partial charge in [-0.3, -0.25) is 9.55 Å². The third-order valence-corrected chi connectivity index (χ3v) is 6.80. The average molecular weight is 397 g/mol. The number of nitriles is 1. The molecular weight excluding hydrogens is 382 g/mol. The molecule has 4 heterocycles. The Balaban J connectivity index is 1.78. The zero-order chi connectivity index (χ0) is 19.8. The van der Waals surface area contributed by atoms with Gasteiger partial charge >= 0.3 is 5.69 Å². The normalized spacial score (nSPS) is 21.1. The summed E-state index contributed by atoms with van der Waals surface area (Å²) in [6.07, 6.45) is 3.16. The summed E-state index contributed by atoms with van der Waals surface area (Å²) >= 11 is 0. The highest BCUT2D eigenvalue weighted by Crippen LogP contribution is 2.49. The number of hydrogen-bond donors (Lipinski definition) is 1. The third-order valence-electron chi connectivity index (χ3n) is 5.55. The molecular formula is C18H15N5O4S. The number of benzene rings is 1. The lowest BCUT2D eigenvalue weighted by Crippen LogP contribution is -2.37. The molecule has 1 aromatic carbocycles. The predicted molar refractivity (Wildman–Crippen MR) is 99.7 cm³/mol. The molecule has 3 aromatic rings. The standard InChI is InChI=1S/C18H15N5O4S/c1-28(26,27)21-9-11-7-14(21)16-17(24)23(18(25)22(11)16)13-5-4-10(8-19)15-12(13)3-2-6-20-15/h2-6,11,14,24H,7,9H2,1H3/t11-,14-/m0/s1. The number of aromatic hydroxyl groups is 1. The summed E-state index contributed by atoms with van der Waals surface area (Å²) in [6.45, 7) is 0.218. The number of imidazole rings is 1. The summed E-state index contributed by atoms with van der Waals surface area (Å²) in [7, 11) is -3.45. The lowest BCUT2D eigenvalue weighted by Gasteiger charge is -2.25. The second-order valence-electron chi connectivity index (χ2n) is 7.08. The van der Waals surface area contributed by atoms with Crippen LogP contribution in [0.3, 0.4) is 0 Å². The number of fused-ring (bicyclic) bond motifs is 6. The summed E-state index contributed by atoms with van der Waals surface area (Å²) in [5.41, 5.74) is 1.08. The highest BCUT2D eigenvalue weighted by molar-refractivity contribution is 7.88. The van der Waals surface area contributed by atoms with E-state index in [1.54, 1.807) is 30.5 Å². The van der Waals surface area contributed by atoms with Crippen LogP contribution < -0.4 is 5.69 Å². The molecule has 2 atom stereocenters. The Hall–Kier alpha value is -3.16. The number of rotatable bonds is 2. The van der Waals surface area contributed by atoms with E-state index in [-0.39, 0.29) is 18.5 Å². The molecule has 9 nitrogen and oxygen atoms in total. The first-order valence-corrected chi connectivity index (χ1v) is 10.5. The Bertz CT molecular complexity index is 1370. The lowest BCUT2D eigenvalue weighted by atomic mass is 10.1. The van der Waals surface area contributed by atoms with Crippen molar-refractivity contribution in [1.82, 2.24) is 18.4 Å². The van der Waals surface area contributed by atoms with E-state index in [1.807, 2.05) is 0 Å². The number of sulfonamides is 1. The molecule has 2 aliphatic heterocycles. The molecule has 0 aliphatic carbocycles. The van der Waals surface area contributed by atoms with Gasteiger partial charge in [-0.2, -0.15) is 9.57 Å². The van der Waals surface area contributed by atoms with Gasteiger partial charge in [0.05, 0.1) is 35.1 Å². The van der Waals surface area contributed by atoms with E-state index in [2.05, 4.69) is 11.1 Å². The van der Waals surface area contributed by atoms with E-state index in [0.29, 0.717) is 34.3 Å². The van der Waals surface area contributed by atoms with Gasteiger partial charge in [0.25, 0.3) is 0 Å². The van der Waals surface area contributed by atoms with Crippen molar-refractivity contribution in [2.75, 3.05) is 12.8 Å². The van der Waals surface area contributed by atoms with E-state index in [0.717, 1.165) is 6.26 Å². The number of pyridine rings is 1. The van der Waals surface area contributed by atoms with Crippen molar-refractivity contribution in [2.24, 2.45) is 0 Å². The molecule has 142 valence electrons. The summed E-state index contributed by atoms with van der Waals surface area (Å²) in [6, 6.07) is 7.77. The molecule has 0 radical (unpaired) electrons. The fraction of sp³-hybridized carbons (Fsp3) is 0.278. The summed E-state index contributed by atoms with van der Waals surface area (Å²) in [5.74, 6) is -0.277. The van der Waals surface area contributed by atoms with Crippen molar-refractivity contribution in [3.8, 4) is 17.6 Å². The SMILES string of the molecule is CS(=O)(=O)N1C[C@@H]2C[C@H]1c1c(O)n(-c3ccc(C#N)c4ncccc34)c(=O)n12. The largest absolute Gasteiger partial charge is 0.493 e. The number of nitrogens with zero attached hydrogens (tertiary/aromatic N) is 5. The number of hydrogen-bond acceptors (Lipinski definition) is 6. The van der Waals surface area contributed by atoms with Crippen LogP contribution in [0.5, 0.6) is 5.88 Å². The first-order chi connectivity index (χ1) is 13.3. The summed E-state index contributed by atoms with van der Waals surface area (Å²) < 4.78 is 28.1. The molecule has 28 heavy (non-hydrogen) atoms. The summed E-state index contributed by atoms with van der Waals surface area (Å²) in [4.78, 5) is 17.4. The second-order valence-corrected chi connectivity index (χ2v) is 9.01. The second kappa shape index (κ2) is 5.43. The summed E-state index contributed by atoms with van der Waals surface area (Å²) in [5, 5.41) is 20.8. The maximum absolute atomic E-state index is 13.1. The third kappa shape index (κ3) is 2.05. The van der Waals surface area contributed by atoms with Crippen LogP contribution in [-0.2, 0) is 10.0 Å². The van der Waals surface area contributed by atoms with E-state index < -0.39 is 21.8 Å². The zero-order valence-electron chi connectivity index (χ0n) is 14.8. The van der Waals surface area contributed by atoms with Crippen LogP contribution >= 0.6 is 0 Å². The van der Waals surface area contributed by atoms with Crippen LogP contribution in [0.15, 0.2) is 35.3 Å². The van der Waals surface area contributed by atoms with Gasteiger partial charge in [-0.1, -0.05) is 0 Å². The maximum atomic E-state index is 13.1. The van der Waals surface area contributed by atoms with Crippen molar-refractivity contribution in [1.29, 1.82) is 5.26 Å². The van der Waals surface area contributed by atoms with E-state index in [4.69, 9.17) is 0 Å². The van der Waals surface area contributed by atoms with Gasteiger partial charge in [0.15, 0.2) is 0 Å². The Morgan fingerprint density at radius 3 is 2.82 bits per heavy atom. The maximum Gasteiger partial charge on any atom is 0.336 e. The Morgan fingerprint density at radius 2 is 2.11 bits per heavy atom.